The van der Waals surface area contributed by atoms with Crippen LogP contribution in [0.5, 0.6) is 0 Å². The molecule has 17 heavy (non-hydrogen) atoms. The minimum absolute atomic E-state index is 0.206. The zero-order chi connectivity index (χ0) is 11.8. The van der Waals surface area contributed by atoms with Crippen molar-refractivity contribution in [3.63, 3.8) is 0 Å². The van der Waals surface area contributed by atoms with E-state index in [1.54, 1.807) is 11.3 Å². The van der Waals surface area contributed by atoms with Crippen LogP contribution in [0.3, 0.4) is 0 Å². The molecule has 4 nitrogen and oxygen atoms in total. The zero-order valence-corrected chi connectivity index (χ0v) is 11.0. The topological polar surface area (TPSA) is 49.2 Å². The number of nitrogens with zero attached hydrogens (tertiary/aromatic N) is 3. The molecule has 0 radical (unpaired) electrons. The Labute approximate surface area is 106 Å². The summed E-state index contributed by atoms with van der Waals surface area (Å²) < 4.78 is 0. The lowest BCUT2D eigenvalue weighted by molar-refractivity contribution is 0.106. The molecule has 2 unspecified atom stereocenters. The quantitative estimate of drug-likeness (QED) is 0.897. The first-order chi connectivity index (χ1) is 8.25. The molecule has 1 heterocycles. The van der Waals surface area contributed by atoms with Crippen LogP contribution in [0.15, 0.2) is 0 Å². The van der Waals surface area contributed by atoms with Gasteiger partial charge in [-0.05, 0) is 25.7 Å². The van der Waals surface area contributed by atoms with Crippen molar-refractivity contribution in [3.8, 4) is 0 Å². The lowest BCUT2D eigenvalue weighted by Gasteiger charge is -2.34. The lowest BCUT2D eigenvalue weighted by Crippen LogP contribution is -2.43. The molecule has 5 heteroatoms. The summed E-state index contributed by atoms with van der Waals surface area (Å²) in [6, 6.07) is 0.226. The Balaban J connectivity index is 1.72. The standard InChI is InChI=1S/C12H19N3OS/c1-15(9-4-2-3-5-10(9)16)12-14-13-11(17-12)8-6-7-8/h8-10,16H,2-7H2,1H3. The molecule has 2 atom stereocenters. The summed E-state index contributed by atoms with van der Waals surface area (Å²) in [5.41, 5.74) is 0. The van der Waals surface area contributed by atoms with Crippen LogP contribution < -0.4 is 4.90 Å². The maximum Gasteiger partial charge on any atom is 0.208 e. The van der Waals surface area contributed by atoms with E-state index in [1.807, 2.05) is 7.05 Å². The Morgan fingerprint density at radius 1 is 1.18 bits per heavy atom. The molecule has 2 saturated carbocycles. The molecule has 0 aliphatic heterocycles. The van der Waals surface area contributed by atoms with Gasteiger partial charge in [-0.25, -0.2) is 0 Å². The fourth-order valence-electron chi connectivity index (χ4n) is 2.55. The van der Waals surface area contributed by atoms with Crippen LogP contribution in [0.25, 0.3) is 0 Å². The van der Waals surface area contributed by atoms with Crippen LogP contribution in [0.4, 0.5) is 5.13 Å². The number of aromatic nitrogens is 2. The van der Waals surface area contributed by atoms with Gasteiger partial charge in [0.25, 0.3) is 0 Å². The van der Waals surface area contributed by atoms with Gasteiger partial charge in [-0.2, -0.15) is 0 Å². The molecular weight excluding hydrogens is 234 g/mol. The van der Waals surface area contributed by atoms with E-state index in [0.717, 1.165) is 24.4 Å². The van der Waals surface area contributed by atoms with Crippen molar-refractivity contribution in [2.24, 2.45) is 0 Å². The molecule has 1 aromatic heterocycles. The van der Waals surface area contributed by atoms with Gasteiger partial charge in [0, 0.05) is 13.0 Å². The summed E-state index contributed by atoms with van der Waals surface area (Å²) in [6.07, 6.45) is 6.67. The van der Waals surface area contributed by atoms with Crippen molar-refractivity contribution in [1.82, 2.24) is 10.2 Å². The Hall–Kier alpha value is -0.680. The van der Waals surface area contributed by atoms with E-state index in [9.17, 15) is 5.11 Å². The third-order valence-electron chi connectivity index (χ3n) is 3.85. The molecule has 3 rings (SSSR count). The molecule has 0 aromatic carbocycles. The van der Waals surface area contributed by atoms with E-state index in [2.05, 4.69) is 15.1 Å². The van der Waals surface area contributed by atoms with Crippen LogP contribution >= 0.6 is 11.3 Å². The molecular formula is C12H19N3OS. The normalized spacial score (nSPS) is 29.3. The van der Waals surface area contributed by atoms with Crippen molar-refractivity contribution in [1.29, 1.82) is 0 Å². The summed E-state index contributed by atoms with van der Waals surface area (Å²) in [5.74, 6) is 0.672. The SMILES string of the molecule is CN(c1nnc(C2CC2)s1)C1CCCCC1O. The average Bonchev–Trinajstić information content (AvgIpc) is 3.07. The van der Waals surface area contributed by atoms with Crippen molar-refractivity contribution < 1.29 is 5.11 Å². The predicted molar refractivity (Wildman–Crippen MR) is 68.5 cm³/mol. The smallest absolute Gasteiger partial charge is 0.208 e. The Bertz CT molecular complexity index is 391. The summed E-state index contributed by atoms with van der Waals surface area (Å²) in [7, 11) is 2.04. The zero-order valence-electron chi connectivity index (χ0n) is 10.2. The second-order valence-corrected chi connectivity index (χ2v) is 6.21. The van der Waals surface area contributed by atoms with E-state index in [0.29, 0.717) is 5.92 Å². The van der Waals surface area contributed by atoms with Gasteiger partial charge in [0.1, 0.15) is 5.01 Å². The van der Waals surface area contributed by atoms with E-state index in [-0.39, 0.29) is 12.1 Å². The fourth-order valence-corrected chi connectivity index (χ4v) is 3.58. The van der Waals surface area contributed by atoms with Crippen LogP contribution in [-0.4, -0.2) is 34.5 Å². The molecule has 94 valence electrons. The monoisotopic (exact) mass is 253 g/mol. The fraction of sp³-hybridized carbons (Fsp3) is 0.833. The largest absolute Gasteiger partial charge is 0.391 e. The number of aliphatic hydroxyl groups is 1. The van der Waals surface area contributed by atoms with E-state index < -0.39 is 0 Å². The highest BCUT2D eigenvalue weighted by Crippen LogP contribution is 2.43. The van der Waals surface area contributed by atoms with Gasteiger partial charge in [0.05, 0.1) is 12.1 Å². The first-order valence-corrected chi connectivity index (χ1v) is 7.31. The number of anilines is 1. The van der Waals surface area contributed by atoms with Gasteiger partial charge >= 0.3 is 0 Å². The molecule has 2 fully saturated rings. The van der Waals surface area contributed by atoms with Crippen molar-refractivity contribution >= 4 is 16.5 Å². The predicted octanol–water partition coefficient (Wildman–Crippen LogP) is 2.16. The lowest BCUT2D eigenvalue weighted by atomic mass is 9.92. The van der Waals surface area contributed by atoms with Gasteiger partial charge in [0.15, 0.2) is 0 Å². The molecule has 2 aliphatic carbocycles. The second kappa shape index (κ2) is 4.53. The van der Waals surface area contributed by atoms with Crippen LogP contribution in [0.2, 0.25) is 0 Å². The van der Waals surface area contributed by atoms with Crippen LogP contribution in [0.1, 0.15) is 49.5 Å². The minimum atomic E-state index is -0.206. The Kier molecular flexibility index (Phi) is 3.04. The number of rotatable bonds is 3. The molecule has 0 saturated heterocycles. The molecule has 2 aliphatic rings. The minimum Gasteiger partial charge on any atom is -0.391 e. The van der Waals surface area contributed by atoms with Crippen molar-refractivity contribution in [2.45, 2.75) is 56.6 Å². The van der Waals surface area contributed by atoms with Gasteiger partial charge < -0.3 is 10.0 Å². The third kappa shape index (κ3) is 2.31. The highest BCUT2D eigenvalue weighted by atomic mass is 32.1. The Morgan fingerprint density at radius 3 is 2.65 bits per heavy atom. The van der Waals surface area contributed by atoms with Crippen LogP contribution in [-0.2, 0) is 0 Å². The second-order valence-electron chi connectivity index (χ2n) is 5.23. The third-order valence-corrected chi connectivity index (χ3v) is 5.03. The maximum absolute atomic E-state index is 10.0. The van der Waals surface area contributed by atoms with E-state index in [1.165, 1.54) is 24.3 Å². The van der Waals surface area contributed by atoms with E-state index >= 15 is 0 Å². The van der Waals surface area contributed by atoms with Gasteiger partial charge in [-0.1, -0.05) is 24.2 Å². The molecule has 1 N–H and O–H groups in total. The average molecular weight is 253 g/mol. The summed E-state index contributed by atoms with van der Waals surface area (Å²) in [6.45, 7) is 0. The number of likely N-dealkylation sites (N-methyl/N-ethyl adjacent to an activating group) is 1. The highest BCUT2D eigenvalue weighted by Gasteiger charge is 2.31. The van der Waals surface area contributed by atoms with Gasteiger partial charge in [0.2, 0.25) is 5.13 Å². The van der Waals surface area contributed by atoms with Crippen LogP contribution in [0, 0.1) is 0 Å². The summed E-state index contributed by atoms with van der Waals surface area (Å²) in [4.78, 5) is 2.13. The Morgan fingerprint density at radius 2 is 1.94 bits per heavy atom. The van der Waals surface area contributed by atoms with E-state index in [4.69, 9.17) is 0 Å². The number of hydrogen-bond donors (Lipinski definition) is 1. The van der Waals surface area contributed by atoms with Crippen molar-refractivity contribution in [2.75, 3.05) is 11.9 Å². The van der Waals surface area contributed by atoms with Gasteiger partial charge in [-0.15, -0.1) is 10.2 Å². The molecule has 0 bridgehead atoms. The molecule has 0 amide bonds. The van der Waals surface area contributed by atoms with Gasteiger partial charge in [-0.3, -0.25) is 0 Å². The number of aliphatic hydroxyl groups excluding tert-OH is 1. The highest BCUT2D eigenvalue weighted by molar-refractivity contribution is 7.15. The first-order valence-electron chi connectivity index (χ1n) is 6.50. The summed E-state index contributed by atoms with van der Waals surface area (Å²) in [5, 5.41) is 20.7. The molecule has 0 spiro atoms. The molecule has 1 aromatic rings. The summed E-state index contributed by atoms with van der Waals surface area (Å²) >= 11 is 1.70. The first kappa shape index (κ1) is 11.4. The van der Waals surface area contributed by atoms with Crippen molar-refractivity contribution in [3.05, 3.63) is 5.01 Å². The maximum atomic E-state index is 10.0. The number of hydrogen-bond acceptors (Lipinski definition) is 5.